The molecule has 0 saturated heterocycles. The second kappa shape index (κ2) is 5.94. The van der Waals surface area contributed by atoms with Crippen LogP contribution in [0.1, 0.15) is 41.0 Å². The van der Waals surface area contributed by atoms with Crippen LogP contribution in [0.4, 0.5) is 0 Å². The summed E-state index contributed by atoms with van der Waals surface area (Å²) in [6, 6.07) is 4.96. The predicted molar refractivity (Wildman–Crippen MR) is 95.5 cm³/mol. The van der Waals surface area contributed by atoms with Crippen LogP contribution < -0.4 is 0 Å². The van der Waals surface area contributed by atoms with Crippen molar-refractivity contribution >= 4 is 17.6 Å². The molecule has 2 aromatic heterocycles. The van der Waals surface area contributed by atoms with Gasteiger partial charge >= 0.3 is 11.9 Å². The number of aromatic nitrogens is 3. The van der Waals surface area contributed by atoms with Gasteiger partial charge in [0.15, 0.2) is 5.65 Å². The molecule has 0 bridgehead atoms. The number of carboxylic acid groups (broad SMARTS) is 2. The highest BCUT2D eigenvalue weighted by molar-refractivity contribution is 5.94. The molecule has 2 heterocycles. The average molecular weight is 353 g/mol. The first kappa shape index (κ1) is 17.6. The van der Waals surface area contributed by atoms with Crippen LogP contribution >= 0.6 is 0 Å². The molecule has 1 aromatic carbocycles. The van der Waals surface area contributed by atoms with E-state index >= 15 is 0 Å². The zero-order valence-electron chi connectivity index (χ0n) is 14.9. The van der Waals surface area contributed by atoms with Crippen LogP contribution in [0.15, 0.2) is 30.6 Å². The Hall–Kier alpha value is -3.22. The van der Waals surface area contributed by atoms with Crippen molar-refractivity contribution in [1.29, 1.82) is 0 Å². The maximum absolute atomic E-state index is 11.6. The monoisotopic (exact) mass is 353 g/mol. The lowest BCUT2D eigenvalue weighted by Gasteiger charge is -2.20. The number of aromatic carboxylic acids is 1. The fourth-order valence-electron chi connectivity index (χ4n) is 3.14. The van der Waals surface area contributed by atoms with Crippen LogP contribution in [0.3, 0.4) is 0 Å². The molecular weight excluding hydrogens is 334 g/mol. The van der Waals surface area contributed by atoms with Crippen LogP contribution in [0.2, 0.25) is 0 Å². The van der Waals surface area contributed by atoms with Crippen molar-refractivity contribution in [3.05, 3.63) is 53.0 Å². The molecule has 0 unspecified atom stereocenters. The van der Waals surface area contributed by atoms with E-state index in [0.717, 1.165) is 11.1 Å². The summed E-state index contributed by atoms with van der Waals surface area (Å²) in [7, 11) is 0. The molecule has 0 atom stereocenters. The van der Waals surface area contributed by atoms with Crippen molar-refractivity contribution in [2.75, 3.05) is 0 Å². The van der Waals surface area contributed by atoms with Gasteiger partial charge in [0.2, 0.25) is 0 Å². The van der Waals surface area contributed by atoms with Crippen LogP contribution in [0.25, 0.3) is 16.8 Å². The summed E-state index contributed by atoms with van der Waals surface area (Å²) in [6.07, 6.45) is 3.15. The van der Waals surface area contributed by atoms with Crippen LogP contribution in [0, 0.1) is 13.8 Å². The molecule has 0 radical (unpaired) electrons. The molecular formula is C19H19N3O4. The summed E-state index contributed by atoms with van der Waals surface area (Å²) in [5, 5.41) is 23.3. The highest BCUT2D eigenvalue weighted by Gasteiger charge is 2.33. The Balaban J connectivity index is 2.32. The minimum Gasteiger partial charge on any atom is -0.481 e. The number of nitrogens with zero attached hydrogens (tertiary/aromatic N) is 3. The van der Waals surface area contributed by atoms with E-state index in [0.29, 0.717) is 22.5 Å². The number of rotatable bonds is 4. The molecule has 0 spiro atoms. The van der Waals surface area contributed by atoms with Crippen LogP contribution in [-0.2, 0) is 10.2 Å². The van der Waals surface area contributed by atoms with Gasteiger partial charge in [-0.2, -0.15) is 5.10 Å². The predicted octanol–water partition coefficient (Wildman–Crippen LogP) is 3.07. The Kier molecular flexibility index (Phi) is 4.02. The quantitative estimate of drug-likeness (QED) is 0.747. The van der Waals surface area contributed by atoms with E-state index in [-0.39, 0.29) is 5.56 Å². The number of hydrogen-bond donors (Lipinski definition) is 2. The standard InChI is InChI=1S/C19H19N3O4/c1-10-5-6-12(17(23)24)11(2)15(10)13-9-21-22-14(7-8-20-16(13)22)19(3,4)18(25)26/h5-9H,1-4H3,(H,23,24)(H,25,26). The summed E-state index contributed by atoms with van der Waals surface area (Å²) in [4.78, 5) is 27.5. The molecule has 134 valence electrons. The lowest BCUT2D eigenvalue weighted by molar-refractivity contribution is -0.142. The van der Waals surface area contributed by atoms with E-state index < -0.39 is 17.4 Å². The summed E-state index contributed by atoms with van der Waals surface area (Å²) in [5.74, 6) is -1.97. The van der Waals surface area contributed by atoms with Gasteiger partial charge in [-0.1, -0.05) is 6.07 Å². The van der Waals surface area contributed by atoms with E-state index in [9.17, 15) is 19.8 Å². The van der Waals surface area contributed by atoms with Crippen molar-refractivity contribution < 1.29 is 19.8 Å². The zero-order valence-corrected chi connectivity index (χ0v) is 14.9. The summed E-state index contributed by atoms with van der Waals surface area (Å²) < 4.78 is 1.51. The Morgan fingerprint density at radius 2 is 1.81 bits per heavy atom. The first-order chi connectivity index (χ1) is 12.2. The molecule has 0 saturated carbocycles. The van der Waals surface area contributed by atoms with Gasteiger partial charge in [0.25, 0.3) is 0 Å². The second-order valence-corrected chi connectivity index (χ2v) is 6.79. The van der Waals surface area contributed by atoms with Gasteiger partial charge in [-0.3, -0.25) is 4.79 Å². The minimum atomic E-state index is -1.16. The van der Waals surface area contributed by atoms with Crippen molar-refractivity contribution in [1.82, 2.24) is 14.6 Å². The lowest BCUT2D eigenvalue weighted by atomic mass is 9.89. The van der Waals surface area contributed by atoms with E-state index in [4.69, 9.17) is 0 Å². The highest BCUT2D eigenvalue weighted by Crippen LogP contribution is 2.33. The molecule has 7 nitrogen and oxygen atoms in total. The molecule has 0 aliphatic heterocycles. The normalized spacial score (nSPS) is 11.7. The second-order valence-electron chi connectivity index (χ2n) is 6.79. The van der Waals surface area contributed by atoms with Crippen molar-refractivity contribution in [3.8, 4) is 11.1 Å². The van der Waals surface area contributed by atoms with E-state index in [1.165, 1.54) is 4.52 Å². The van der Waals surface area contributed by atoms with Gasteiger partial charge < -0.3 is 10.2 Å². The summed E-state index contributed by atoms with van der Waals surface area (Å²) in [5.41, 5.74) is 2.98. The van der Waals surface area contributed by atoms with Gasteiger partial charge in [0.1, 0.15) is 5.41 Å². The summed E-state index contributed by atoms with van der Waals surface area (Å²) in [6.45, 7) is 6.85. The average Bonchev–Trinajstić information content (AvgIpc) is 2.98. The molecule has 3 rings (SSSR count). The topological polar surface area (TPSA) is 105 Å². The van der Waals surface area contributed by atoms with Crippen molar-refractivity contribution in [3.63, 3.8) is 0 Å². The number of aryl methyl sites for hydroxylation is 1. The third-order valence-corrected chi connectivity index (χ3v) is 4.75. The van der Waals surface area contributed by atoms with Gasteiger partial charge in [-0.15, -0.1) is 0 Å². The number of fused-ring (bicyclic) bond motifs is 1. The fourth-order valence-corrected chi connectivity index (χ4v) is 3.14. The Bertz CT molecular complexity index is 1050. The lowest BCUT2D eigenvalue weighted by Crippen LogP contribution is -2.31. The SMILES string of the molecule is Cc1ccc(C(=O)O)c(C)c1-c1cnn2c(C(C)(C)C(=O)O)ccnc12. The van der Waals surface area contributed by atoms with Gasteiger partial charge in [0.05, 0.1) is 17.5 Å². The molecule has 3 aromatic rings. The largest absolute Gasteiger partial charge is 0.481 e. The summed E-state index contributed by atoms with van der Waals surface area (Å²) >= 11 is 0. The number of carbonyl (C=O) groups is 2. The third-order valence-electron chi connectivity index (χ3n) is 4.75. The maximum atomic E-state index is 11.6. The van der Waals surface area contributed by atoms with E-state index in [1.807, 2.05) is 6.92 Å². The smallest absolute Gasteiger partial charge is 0.335 e. The zero-order chi connectivity index (χ0) is 19.2. The molecule has 2 N–H and O–H groups in total. The van der Waals surface area contributed by atoms with Gasteiger partial charge in [0, 0.05) is 11.8 Å². The fraction of sp³-hybridized carbons (Fsp3) is 0.263. The minimum absolute atomic E-state index is 0.215. The van der Waals surface area contributed by atoms with E-state index in [1.54, 1.807) is 51.4 Å². The highest BCUT2D eigenvalue weighted by atomic mass is 16.4. The number of benzene rings is 1. The molecule has 0 aliphatic carbocycles. The first-order valence-electron chi connectivity index (χ1n) is 8.06. The molecule has 0 fully saturated rings. The van der Waals surface area contributed by atoms with Crippen LogP contribution in [-0.4, -0.2) is 36.7 Å². The Morgan fingerprint density at radius 3 is 2.42 bits per heavy atom. The number of aliphatic carboxylic acids is 1. The Morgan fingerprint density at radius 1 is 1.12 bits per heavy atom. The molecule has 0 amide bonds. The third kappa shape index (κ3) is 2.52. The number of hydrogen-bond acceptors (Lipinski definition) is 4. The maximum Gasteiger partial charge on any atom is 0.335 e. The van der Waals surface area contributed by atoms with Crippen molar-refractivity contribution in [2.45, 2.75) is 33.1 Å². The van der Waals surface area contributed by atoms with Crippen LogP contribution in [0.5, 0.6) is 0 Å². The molecule has 26 heavy (non-hydrogen) atoms. The molecule has 7 heteroatoms. The van der Waals surface area contributed by atoms with Gasteiger partial charge in [-0.25, -0.2) is 14.3 Å². The first-order valence-corrected chi connectivity index (χ1v) is 8.06. The van der Waals surface area contributed by atoms with Crippen molar-refractivity contribution in [2.24, 2.45) is 0 Å². The number of carboxylic acids is 2. The molecule has 0 aliphatic rings. The Labute approximate surface area is 149 Å². The van der Waals surface area contributed by atoms with E-state index in [2.05, 4.69) is 10.1 Å². The van der Waals surface area contributed by atoms with Gasteiger partial charge in [-0.05, 0) is 56.5 Å².